The van der Waals surface area contributed by atoms with Crippen molar-refractivity contribution in [2.75, 3.05) is 19.6 Å². The highest BCUT2D eigenvalue weighted by Gasteiger charge is 2.00. The summed E-state index contributed by atoms with van der Waals surface area (Å²) in [5, 5.41) is 5.94. The zero-order valence-corrected chi connectivity index (χ0v) is 9.81. The second kappa shape index (κ2) is 9.54. The normalized spacial score (nSPS) is 10.0. The summed E-state index contributed by atoms with van der Waals surface area (Å²) >= 11 is 0. The van der Waals surface area contributed by atoms with Crippen LogP contribution in [0.25, 0.3) is 0 Å². The van der Waals surface area contributed by atoms with Crippen molar-refractivity contribution in [3.63, 3.8) is 0 Å². The van der Waals surface area contributed by atoms with Crippen molar-refractivity contribution >= 4 is 5.91 Å². The molecule has 2 N–H and O–H groups in total. The first-order valence-corrected chi connectivity index (χ1v) is 5.57. The quantitative estimate of drug-likeness (QED) is 0.466. The van der Waals surface area contributed by atoms with Crippen molar-refractivity contribution in [2.45, 2.75) is 33.1 Å². The fraction of sp³-hybridized carbons (Fsp3) is 0.750. The number of hydrogen-bond donors (Lipinski definition) is 2. The van der Waals surface area contributed by atoms with Gasteiger partial charge in [-0.05, 0) is 25.3 Å². The van der Waals surface area contributed by atoms with Gasteiger partial charge in [-0.3, -0.25) is 4.79 Å². The van der Waals surface area contributed by atoms with Gasteiger partial charge in [0.1, 0.15) is 0 Å². The van der Waals surface area contributed by atoms with E-state index in [0.717, 1.165) is 32.4 Å². The Bertz CT molecular complexity index is 206. The summed E-state index contributed by atoms with van der Waals surface area (Å²) in [4.78, 5) is 11.2. The van der Waals surface area contributed by atoms with Gasteiger partial charge in [0, 0.05) is 13.0 Å². The number of carbonyl (C=O) groups excluding carboxylic acids is 1. The van der Waals surface area contributed by atoms with Crippen LogP contribution in [0.2, 0.25) is 0 Å². The van der Waals surface area contributed by atoms with Crippen molar-refractivity contribution < 1.29 is 4.79 Å². The fourth-order valence-electron chi connectivity index (χ4n) is 1.06. The van der Waals surface area contributed by atoms with Crippen LogP contribution in [-0.2, 0) is 4.79 Å². The Morgan fingerprint density at radius 3 is 2.73 bits per heavy atom. The molecule has 0 bridgehead atoms. The lowest BCUT2D eigenvalue weighted by Gasteiger charge is -2.08. The second-order valence-electron chi connectivity index (χ2n) is 4.04. The van der Waals surface area contributed by atoms with Crippen molar-refractivity contribution in [1.29, 1.82) is 0 Å². The molecule has 0 aromatic rings. The highest BCUT2D eigenvalue weighted by Crippen LogP contribution is 1.91. The molecule has 1 amide bonds. The third kappa shape index (κ3) is 10.9. The SMILES string of the molecule is C#CCCCCNCC(=O)NCC(C)C. The van der Waals surface area contributed by atoms with Crippen molar-refractivity contribution in [3.8, 4) is 12.3 Å². The molecule has 3 nitrogen and oxygen atoms in total. The average Bonchev–Trinajstić information content (AvgIpc) is 2.20. The molecule has 0 aromatic heterocycles. The summed E-state index contributed by atoms with van der Waals surface area (Å²) in [7, 11) is 0. The Balaban J connectivity index is 3.21. The molecule has 0 rings (SSSR count). The first-order valence-electron chi connectivity index (χ1n) is 5.57. The van der Waals surface area contributed by atoms with Gasteiger partial charge in [-0.15, -0.1) is 12.3 Å². The number of nitrogens with one attached hydrogen (secondary N) is 2. The van der Waals surface area contributed by atoms with E-state index in [4.69, 9.17) is 6.42 Å². The topological polar surface area (TPSA) is 41.1 Å². The van der Waals surface area contributed by atoms with E-state index in [1.807, 2.05) is 0 Å². The molecule has 0 aliphatic carbocycles. The minimum absolute atomic E-state index is 0.0700. The standard InChI is InChI=1S/C12H22N2O/c1-4-5-6-7-8-13-10-12(15)14-9-11(2)3/h1,11,13H,5-10H2,2-3H3,(H,14,15). The molecule has 15 heavy (non-hydrogen) atoms. The minimum Gasteiger partial charge on any atom is -0.355 e. The highest BCUT2D eigenvalue weighted by molar-refractivity contribution is 5.77. The van der Waals surface area contributed by atoms with Gasteiger partial charge >= 0.3 is 0 Å². The number of carbonyl (C=O) groups is 1. The van der Waals surface area contributed by atoms with Crippen LogP contribution < -0.4 is 10.6 Å². The predicted octanol–water partition coefficient (Wildman–Crippen LogP) is 1.15. The Kier molecular flexibility index (Phi) is 8.90. The maximum atomic E-state index is 11.2. The molecular formula is C12H22N2O. The van der Waals surface area contributed by atoms with Gasteiger partial charge in [0.2, 0.25) is 5.91 Å². The first kappa shape index (κ1) is 14.0. The maximum Gasteiger partial charge on any atom is 0.233 e. The van der Waals surface area contributed by atoms with Gasteiger partial charge in [-0.1, -0.05) is 13.8 Å². The molecule has 0 saturated carbocycles. The van der Waals surface area contributed by atoms with Crippen LogP contribution in [0.4, 0.5) is 0 Å². The smallest absolute Gasteiger partial charge is 0.233 e. The summed E-state index contributed by atoms with van der Waals surface area (Å²) in [6.45, 7) is 6.16. The van der Waals surface area contributed by atoms with E-state index in [9.17, 15) is 4.79 Å². The first-order chi connectivity index (χ1) is 7.16. The molecule has 0 spiro atoms. The summed E-state index contributed by atoms with van der Waals surface area (Å²) < 4.78 is 0. The summed E-state index contributed by atoms with van der Waals surface area (Å²) in [5.41, 5.74) is 0. The molecule has 3 heteroatoms. The Labute approximate surface area is 93.0 Å². The average molecular weight is 210 g/mol. The van der Waals surface area contributed by atoms with Gasteiger partial charge in [0.15, 0.2) is 0 Å². The molecule has 0 aliphatic rings. The Morgan fingerprint density at radius 2 is 2.13 bits per heavy atom. The van der Waals surface area contributed by atoms with Gasteiger partial charge in [0.25, 0.3) is 0 Å². The van der Waals surface area contributed by atoms with Crippen LogP contribution >= 0.6 is 0 Å². The molecule has 0 aromatic carbocycles. The number of hydrogen-bond acceptors (Lipinski definition) is 2. The van der Waals surface area contributed by atoms with E-state index in [1.54, 1.807) is 0 Å². The number of amides is 1. The van der Waals surface area contributed by atoms with Crippen LogP contribution in [0.15, 0.2) is 0 Å². The third-order valence-electron chi connectivity index (χ3n) is 1.92. The molecule has 0 saturated heterocycles. The van der Waals surface area contributed by atoms with Gasteiger partial charge < -0.3 is 10.6 Å². The predicted molar refractivity (Wildman–Crippen MR) is 63.4 cm³/mol. The van der Waals surface area contributed by atoms with E-state index in [0.29, 0.717) is 12.5 Å². The van der Waals surface area contributed by atoms with Crippen LogP contribution in [0.3, 0.4) is 0 Å². The van der Waals surface area contributed by atoms with Crippen molar-refractivity contribution in [2.24, 2.45) is 5.92 Å². The van der Waals surface area contributed by atoms with Gasteiger partial charge in [0.05, 0.1) is 6.54 Å². The Morgan fingerprint density at radius 1 is 1.40 bits per heavy atom. The molecule has 0 unspecified atom stereocenters. The summed E-state index contributed by atoms with van der Waals surface area (Å²) in [6.07, 6.45) is 8.00. The maximum absolute atomic E-state index is 11.2. The molecule has 0 heterocycles. The van der Waals surface area contributed by atoms with E-state index < -0.39 is 0 Å². The van der Waals surface area contributed by atoms with E-state index in [2.05, 4.69) is 30.4 Å². The molecule has 86 valence electrons. The lowest BCUT2D eigenvalue weighted by Crippen LogP contribution is -2.36. The van der Waals surface area contributed by atoms with Gasteiger partial charge in [-0.2, -0.15) is 0 Å². The number of rotatable bonds is 8. The van der Waals surface area contributed by atoms with Crippen LogP contribution in [0.5, 0.6) is 0 Å². The Hall–Kier alpha value is -1.01. The third-order valence-corrected chi connectivity index (χ3v) is 1.92. The van der Waals surface area contributed by atoms with Crippen molar-refractivity contribution in [1.82, 2.24) is 10.6 Å². The number of unbranched alkanes of at least 4 members (excludes halogenated alkanes) is 2. The van der Waals surface area contributed by atoms with E-state index in [1.165, 1.54) is 0 Å². The summed E-state index contributed by atoms with van der Waals surface area (Å²) in [5.74, 6) is 3.17. The molecular weight excluding hydrogens is 188 g/mol. The monoisotopic (exact) mass is 210 g/mol. The highest BCUT2D eigenvalue weighted by atomic mass is 16.1. The molecule has 0 fully saturated rings. The lowest BCUT2D eigenvalue weighted by molar-refractivity contribution is -0.120. The molecule has 0 aliphatic heterocycles. The van der Waals surface area contributed by atoms with Crippen molar-refractivity contribution in [3.05, 3.63) is 0 Å². The van der Waals surface area contributed by atoms with Crippen LogP contribution in [0.1, 0.15) is 33.1 Å². The molecule has 0 atom stereocenters. The molecule has 0 radical (unpaired) electrons. The largest absolute Gasteiger partial charge is 0.355 e. The van der Waals surface area contributed by atoms with Crippen LogP contribution in [0, 0.1) is 18.3 Å². The fourth-order valence-corrected chi connectivity index (χ4v) is 1.06. The zero-order valence-electron chi connectivity index (χ0n) is 9.81. The zero-order chi connectivity index (χ0) is 11.5. The van der Waals surface area contributed by atoms with E-state index >= 15 is 0 Å². The summed E-state index contributed by atoms with van der Waals surface area (Å²) in [6, 6.07) is 0. The van der Waals surface area contributed by atoms with E-state index in [-0.39, 0.29) is 5.91 Å². The second-order valence-corrected chi connectivity index (χ2v) is 4.04. The van der Waals surface area contributed by atoms with Gasteiger partial charge in [-0.25, -0.2) is 0 Å². The number of terminal acetylenes is 1. The minimum atomic E-state index is 0.0700. The van der Waals surface area contributed by atoms with Crippen LogP contribution in [-0.4, -0.2) is 25.5 Å². The lowest BCUT2D eigenvalue weighted by atomic mass is 10.2.